The topological polar surface area (TPSA) is 135 Å². The molecule has 4 aromatic carbocycles. The number of ketones is 2. The first-order valence-corrected chi connectivity index (χ1v) is 16.2. The number of allylic oxidation sites excluding steroid dienone is 4. The maximum atomic E-state index is 15.0. The molecule has 242 valence electrons. The van der Waals surface area contributed by atoms with E-state index in [2.05, 4.69) is 0 Å². The van der Waals surface area contributed by atoms with Crippen LogP contribution in [0.2, 0.25) is 0 Å². The van der Waals surface area contributed by atoms with E-state index < -0.39 is 51.7 Å². The summed E-state index contributed by atoms with van der Waals surface area (Å²) in [6.45, 7) is 0. The largest absolute Gasteiger partial charge is 0.508 e. The van der Waals surface area contributed by atoms with E-state index in [1.807, 2.05) is 54.6 Å². The molecule has 0 unspecified atom stereocenters. The zero-order valence-corrected chi connectivity index (χ0v) is 26.1. The zero-order chi connectivity index (χ0) is 34.0. The Morgan fingerprint density at radius 2 is 1.49 bits per heavy atom. The minimum atomic E-state index is -1.37. The molecular weight excluding hydrogens is 620 g/mol. The Morgan fingerprint density at radius 3 is 2.18 bits per heavy atom. The Balaban J connectivity index is 1.33. The second-order valence-corrected chi connectivity index (χ2v) is 13.2. The summed E-state index contributed by atoms with van der Waals surface area (Å²) in [6.07, 6.45) is 3.80. The smallest absolute Gasteiger partial charge is 0.271 e. The maximum Gasteiger partial charge on any atom is 0.271 e. The van der Waals surface area contributed by atoms with Crippen molar-refractivity contribution < 1.29 is 29.2 Å². The van der Waals surface area contributed by atoms with Crippen LogP contribution in [-0.4, -0.2) is 33.4 Å². The number of non-ortho nitro benzene ring substituents is 1. The highest BCUT2D eigenvalue weighted by Crippen LogP contribution is 2.63. The minimum absolute atomic E-state index is 0.0422. The number of nitro groups is 1. The van der Waals surface area contributed by atoms with Crippen LogP contribution < -0.4 is 4.90 Å². The lowest BCUT2D eigenvalue weighted by atomic mass is 9.44. The number of benzene rings is 4. The number of phenols is 1. The van der Waals surface area contributed by atoms with E-state index in [0.717, 1.165) is 10.5 Å². The number of Topliss-reactive ketones (excluding diaryl/α,β-unsaturated/α-hetero) is 1. The molecule has 0 aromatic heterocycles. The van der Waals surface area contributed by atoms with Crippen molar-refractivity contribution in [2.24, 2.45) is 23.7 Å². The molecule has 49 heavy (non-hydrogen) atoms. The average molecular weight is 651 g/mol. The van der Waals surface area contributed by atoms with Crippen LogP contribution in [0.15, 0.2) is 127 Å². The van der Waals surface area contributed by atoms with Crippen LogP contribution in [0, 0.1) is 33.8 Å². The van der Waals surface area contributed by atoms with E-state index in [9.17, 15) is 34.4 Å². The summed E-state index contributed by atoms with van der Waals surface area (Å²) < 4.78 is 0. The Labute approximate surface area is 281 Å². The summed E-state index contributed by atoms with van der Waals surface area (Å²) in [5.41, 5.74) is 1.62. The fourth-order valence-electron chi connectivity index (χ4n) is 8.92. The Morgan fingerprint density at radius 1 is 0.796 bits per heavy atom. The van der Waals surface area contributed by atoms with Crippen molar-refractivity contribution >= 4 is 40.3 Å². The van der Waals surface area contributed by atoms with Gasteiger partial charge >= 0.3 is 0 Å². The van der Waals surface area contributed by atoms with Crippen molar-refractivity contribution in [2.45, 2.75) is 24.2 Å². The number of aromatic hydroxyl groups is 1. The van der Waals surface area contributed by atoms with Gasteiger partial charge in [0.15, 0.2) is 11.6 Å². The van der Waals surface area contributed by atoms with Gasteiger partial charge in [-0.2, -0.15) is 0 Å². The third-order valence-corrected chi connectivity index (χ3v) is 10.9. The second kappa shape index (κ2) is 11.3. The Hall–Kier alpha value is -5.96. The number of nitrogens with zero attached hydrogens (tertiary/aromatic N) is 2. The first-order chi connectivity index (χ1) is 23.7. The predicted octanol–water partition coefficient (Wildman–Crippen LogP) is 6.33. The van der Waals surface area contributed by atoms with Gasteiger partial charge in [0.2, 0.25) is 11.8 Å². The number of rotatable bonds is 5. The Kier molecular flexibility index (Phi) is 7.03. The molecule has 0 spiro atoms. The van der Waals surface area contributed by atoms with Crippen molar-refractivity contribution in [3.8, 4) is 5.75 Å². The van der Waals surface area contributed by atoms with Gasteiger partial charge in [0.25, 0.3) is 5.69 Å². The number of anilines is 1. The highest BCUT2D eigenvalue weighted by atomic mass is 16.6. The van der Waals surface area contributed by atoms with E-state index >= 15 is 0 Å². The van der Waals surface area contributed by atoms with Gasteiger partial charge in [0, 0.05) is 29.5 Å². The van der Waals surface area contributed by atoms with Crippen molar-refractivity contribution in [1.82, 2.24) is 0 Å². The predicted molar refractivity (Wildman–Crippen MR) is 180 cm³/mol. The molecule has 1 saturated heterocycles. The average Bonchev–Trinajstić information content (AvgIpc) is 3.39. The first kappa shape index (κ1) is 30.4. The number of carbonyl (C=O) groups excluding carboxylic acids is 4. The van der Waals surface area contributed by atoms with Gasteiger partial charge in [-0.3, -0.25) is 29.3 Å². The SMILES string of the molecule is O=C1C(c2ccccc2)=CC(=O)[C@@]2(c3ccccc3)[C@@H](c3ccc(O)cc3)C3=CC[C@@H]4C(=O)N(c5cccc([N+](=O)[O-])c5)C(=O)[C@@H]4[C@@H]3C[C@@H]12. The van der Waals surface area contributed by atoms with Crippen LogP contribution in [0.4, 0.5) is 11.4 Å². The van der Waals surface area contributed by atoms with E-state index in [4.69, 9.17) is 0 Å². The molecule has 6 atom stereocenters. The number of imide groups is 1. The third kappa shape index (κ3) is 4.45. The normalized spacial score (nSPS) is 27.5. The van der Waals surface area contributed by atoms with E-state index in [-0.39, 0.29) is 41.5 Å². The molecule has 4 aromatic rings. The molecule has 0 radical (unpaired) electrons. The van der Waals surface area contributed by atoms with Gasteiger partial charge in [0.1, 0.15) is 5.75 Å². The highest BCUT2D eigenvalue weighted by molar-refractivity contribution is 6.32. The molecule has 1 heterocycles. The van der Waals surface area contributed by atoms with Crippen LogP contribution >= 0.6 is 0 Å². The van der Waals surface area contributed by atoms with Crippen LogP contribution in [0.5, 0.6) is 5.75 Å². The fraction of sp³-hybridized carbons (Fsp3) is 0.200. The monoisotopic (exact) mass is 650 g/mol. The van der Waals surface area contributed by atoms with Gasteiger partial charge < -0.3 is 5.11 Å². The van der Waals surface area contributed by atoms with Crippen LogP contribution in [0.3, 0.4) is 0 Å². The summed E-state index contributed by atoms with van der Waals surface area (Å²) in [5.74, 6) is -5.05. The number of fused-ring (bicyclic) bond motifs is 4. The van der Waals surface area contributed by atoms with Crippen molar-refractivity contribution in [2.75, 3.05) is 4.90 Å². The van der Waals surface area contributed by atoms with E-state index in [1.165, 1.54) is 30.3 Å². The molecule has 0 bridgehead atoms. The molecule has 1 aliphatic heterocycles. The third-order valence-electron chi connectivity index (χ3n) is 10.9. The lowest BCUT2D eigenvalue weighted by Gasteiger charge is -2.55. The van der Waals surface area contributed by atoms with Gasteiger partial charge in [-0.25, -0.2) is 4.90 Å². The molecule has 4 aliphatic rings. The summed E-state index contributed by atoms with van der Waals surface area (Å²) in [6, 6.07) is 30.4. The molecule has 3 aliphatic carbocycles. The number of phenolic OH excluding ortho intramolecular Hbond substituents is 1. The fourth-order valence-corrected chi connectivity index (χ4v) is 8.92. The summed E-state index contributed by atoms with van der Waals surface area (Å²) in [5, 5.41) is 21.8. The van der Waals surface area contributed by atoms with Crippen molar-refractivity contribution in [3.05, 3.63) is 154 Å². The van der Waals surface area contributed by atoms with Crippen LogP contribution in [0.25, 0.3) is 5.57 Å². The van der Waals surface area contributed by atoms with E-state index in [1.54, 1.807) is 36.4 Å². The standard InChI is InChI=1S/C40H30N2O7/c43-28-16-14-24(15-17-28)36-29-18-19-30-35(39(47)41(38(30)46)26-12-7-13-27(20-26)42(48)49)32(29)21-33-37(45)31(23-8-3-1-4-9-23)22-34(44)40(33,36)25-10-5-2-6-11-25/h1-18,20,22,30,32-33,35-36,43H,19,21H2/t30-,32+,33-,35-,36-,40-/m0/s1. The summed E-state index contributed by atoms with van der Waals surface area (Å²) >= 11 is 0. The molecule has 9 heteroatoms. The van der Waals surface area contributed by atoms with Gasteiger partial charge in [-0.1, -0.05) is 90.5 Å². The van der Waals surface area contributed by atoms with Gasteiger partial charge in [0.05, 0.1) is 27.9 Å². The lowest BCUT2D eigenvalue weighted by Crippen LogP contribution is -2.58. The lowest BCUT2D eigenvalue weighted by molar-refractivity contribution is -0.384. The summed E-state index contributed by atoms with van der Waals surface area (Å²) in [7, 11) is 0. The molecule has 8 rings (SSSR count). The highest BCUT2D eigenvalue weighted by Gasteiger charge is 2.66. The number of hydrogen-bond acceptors (Lipinski definition) is 7. The first-order valence-electron chi connectivity index (χ1n) is 16.2. The van der Waals surface area contributed by atoms with Crippen LogP contribution in [0.1, 0.15) is 35.4 Å². The van der Waals surface area contributed by atoms with Crippen LogP contribution in [-0.2, 0) is 24.6 Å². The number of amides is 2. The molecular formula is C40H30N2O7. The molecule has 9 nitrogen and oxygen atoms in total. The van der Waals surface area contributed by atoms with Crippen molar-refractivity contribution in [3.63, 3.8) is 0 Å². The maximum absolute atomic E-state index is 15.0. The van der Waals surface area contributed by atoms with Gasteiger partial charge in [-0.05, 0) is 59.7 Å². The zero-order valence-electron chi connectivity index (χ0n) is 26.1. The van der Waals surface area contributed by atoms with Gasteiger partial charge in [-0.15, -0.1) is 0 Å². The second-order valence-electron chi connectivity index (χ2n) is 13.2. The van der Waals surface area contributed by atoms with Crippen molar-refractivity contribution in [1.29, 1.82) is 0 Å². The summed E-state index contributed by atoms with van der Waals surface area (Å²) in [4.78, 5) is 70.3. The molecule has 1 N–H and O–H groups in total. The minimum Gasteiger partial charge on any atom is -0.508 e. The number of carbonyl (C=O) groups is 4. The molecule has 2 amide bonds. The van der Waals surface area contributed by atoms with E-state index in [0.29, 0.717) is 22.3 Å². The molecule has 2 fully saturated rings. The number of nitro benzene ring substituents is 1. The Bertz CT molecular complexity index is 2120. The molecule has 1 saturated carbocycles. The number of hydrogen-bond donors (Lipinski definition) is 1. The quantitative estimate of drug-likeness (QED) is 0.115.